The van der Waals surface area contributed by atoms with Crippen LogP contribution >= 0.6 is 12.2 Å². The first-order chi connectivity index (χ1) is 14.5. The Balaban J connectivity index is 1.92. The van der Waals surface area contributed by atoms with Crippen molar-refractivity contribution >= 4 is 44.4 Å². The molecule has 8 nitrogen and oxygen atoms in total. The molecule has 2 N–H and O–H groups in total. The smallest absolute Gasteiger partial charge is 0.243 e. The number of thiocarbonyl (C=S) groups is 1. The lowest BCUT2D eigenvalue weighted by atomic mass is 10.2. The Morgan fingerprint density at radius 2 is 1.93 bits per heavy atom. The Kier molecular flexibility index (Phi) is 7.59. The second kappa shape index (κ2) is 10.2. The molecule has 1 aromatic carbocycles. The van der Waals surface area contributed by atoms with Crippen LogP contribution in [-0.2, 0) is 14.8 Å². The number of nitrogens with zero attached hydrogens (tertiary/aromatic N) is 3. The van der Waals surface area contributed by atoms with Gasteiger partial charge < -0.3 is 20.3 Å². The van der Waals surface area contributed by atoms with E-state index in [-0.39, 0.29) is 4.90 Å². The zero-order valence-electron chi connectivity index (χ0n) is 17.2. The summed E-state index contributed by atoms with van der Waals surface area (Å²) in [4.78, 5) is 6.45. The number of hydrogen-bond acceptors (Lipinski definition) is 6. The third-order valence-electron chi connectivity index (χ3n) is 4.83. The van der Waals surface area contributed by atoms with Crippen LogP contribution in [0.2, 0.25) is 0 Å². The minimum atomic E-state index is -3.59. The van der Waals surface area contributed by atoms with Crippen LogP contribution in [-0.4, -0.2) is 62.2 Å². The van der Waals surface area contributed by atoms with Crippen molar-refractivity contribution in [3.8, 4) is 0 Å². The predicted octanol–water partition coefficient (Wildman–Crippen LogP) is 2.76. The summed E-state index contributed by atoms with van der Waals surface area (Å²) in [5, 5.41) is 6.61. The molecule has 1 fully saturated rings. The van der Waals surface area contributed by atoms with Gasteiger partial charge in [-0.15, -0.1) is 0 Å². The van der Waals surface area contributed by atoms with Gasteiger partial charge in [-0.2, -0.15) is 4.31 Å². The Hall–Kier alpha value is -2.27. The Morgan fingerprint density at radius 3 is 2.57 bits per heavy atom. The Morgan fingerprint density at radius 1 is 1.20 bits per heavy atom. The third-order valence-corrected chi connectivity index (χ3v) is 7.08. The maximum absolute atomic E-state index is 13.0. The summed E-state index contributed by atoms with van der Waals surface area (Å²) in [5.41, 5.74) is 2.26. The van der Waals surface area contributed by atoms with Gasteiger partial charge in [0.2, 0.25) is 10.0 Å². The van der Waals surface area contributed by atoms with Gasteiger partial charge in [-0.3, -0.25) is 4.98 Å². The summed E-state index contributed by atoms with van der Waals surface area (Å²) in [6, 6.07) is 8.79. The first-order valence-corrected chi connectivity index (χ1v) is 11.8. The van der Waals surface area contributed by atoms with Crippen LogP contribution in [0.1, 0.15) is 13.8 Å². The quantitative estimate of drug-likeness (QED) is 0.624. The molecule has 0 spiro atoms. The van der Waals surface area contributed by atoms with Gasteiger partial charge in [0, 0.05) is 32.4 Å². The van der Waals surface area contributed by atoms with Gasteiger partial charge in [0.05, 0.1) is 41.4 Å². The molecule has 0 amide bonds. The van der Waals surface area contributed by atoms with Gasteiger partial charge >= 0.3 is 0 Å². The third kappa shape index (κ3) is 5.25. The number of nitrogens with one attached hydrogen (secondary N) is 2. The topological polar surface area (TPSA) is 86.8 Å². The van der Waals surface area contributed by atoms with Crippen LogP contribution in [0.25, 0.3) is 0 Å². The van der Waals surface area contributed by atoms with E-state index in [4.69, 9.17) is 17.0 Å². The average molecular weight is 450 g/mol. The van der Waals surface area contributed by atoms with Crippen molar-refractivity contribution in [2.45, 2.75) is 18.7 Å². The number of hydrogen-bond donors (Lipinski definition) is 2. The predicted molar refractivity (Wildman–Crippen MR) is 124 cm³/mol. The SMILES string of the molecule is CCN(CC)S(=O)(=O)c1ccc(N2CCOCC2)c(NC(=S)Nc2cccnc2)c1. The highest BCUT2D eigenvalue weighted by molar-refractivity contribution is 7.89. The van der Waals surface area contributed by atoms with Gasteiger partial charge in [-0.05, 0) is 42.5 Å². The van der Waals surface area contributed by atoms with Crippen molar-refractivity contribution < 1.29 is 13.2 Å². The molecule has 0 bridgehead atoms. The van der Waals surface area contributed by atoms with E-state index in [9.17, 15) is 8.42 Å². The molecular formula is C20H27N5O3S2. The van der Waals surface area contributed by atoms with Crippen molar-refractivity contribution in [2.24, 2.45) is 0 Å². The monoisotopic (exact) mass is 449 g/mol. The van der Waals surface area contributed by atoms with Crippen LogP contribution in [0, 0.1) is 0 Å². The molecule has 1 saturated heterocycles. The van der Waals surface area contributed by atoms with E-state index in [0.717, 1.165) is 24.5 Å². The highest BCUT2D eigenvalue weighted by atomic mass is 32.2. The summed E-state index contributed by atoms with van der Waals surface area (Å²) in [5.74, 6) is 0. The van der Waals surface area contributed by atoms with Crippen LogP contribution < -0.4 is 15.5 Å². The number of benzene rings is 1. The summed E-state index contributed by atoms with van der Waals surface area (Å²) in [7, 11) is -3.59. The van der Waals surface area contributed by atoms with E-state index < -0.39 is 10.0 Å². The lowest BCUT2D eigenvalue weighted by molar-refractivity contribution is 0.123. The van der Waals surface area contributed by atoms with E-state index in [1.54, 1.807) is 30.6 Å². The van der Waals surface area contributed by atoms with Gasteiger partial charge in [0.15, 0.2) is 5.11 Å². The summed E-state index contributed by atoms with van der Waals surface area (Å²) in [6.07, 6.45) is 3.35. The molecule has 30 heavy (non-hydrogen) atoms. The molecule has 1 aromatic heterocycles. The maximum Gasteiger partial charge on any atom is 0.243 e. The van der Waals surface area contributed by atoms with E-state index in [2.05, 4.69) is 20.5 Å². The second-order valence-corrected chi connectivity index (χ2v) is 9.03. The largest absolute Gasteiger partial charge is 0.378 e. The standard InChI is InChI=1S/C20H27N5O3S2/c1-3-25(4-2)30(26,27)17-7-8-19(24-10-12-28-13-11-24)18(14-17)23-20(29)22-16-6-5-9-21-15-16/h5-9,14-15H,3-4,10-13H2,1-2H3,(H2,22,23,29). The first-order valence-electron chi connectivity index (χ1n) is 9.90. The number of aromatic nitrogens is 1. The fourth-order valence-electron chi connectivity index (χ4n) is 3.29. The fourth-order valence-corrected chi connectivity index (χ4v) is 5.00. The minimum Gasteiger partial charge on any atom is -0.378 e. The van der Waals surface area contributed by atoms with Crippen molar-refractivity contribution in [2.75, 3.05) is 54.9 Å². The first kappa shape index (κ1) is 22.4. The Labute approximate surface area is 183 Å². The molecule has 0 aliphatic carbocycles. The highest BCUT2D eigenvalue weighted by Gasteiger charge is 2.24. The van der Waals surface area contributed by atoms with E-state index in [1.165, 1.54) is 4.31 Å². The fraction of sp³-hybridized carbons (Fsp3) is 0.400. The van der Waals surface area contributed by atoms with Crippen LogP contribution in [0.4, 0.5) is 17.1 Å². The van der Waals surface area contributed by atoms with Gasteiger partial charge in [-0.25, -0.2) is 8.42 Å². The van der Waals surface area contributed by atoms with Crippen molar-refractivity contribution in [1.82, 2.24) is 9.29 Å². The van der Waals surface area contributed by atoms with Gasteiger partial charge in [0.25, 0.3) is 0 Å². The van der Waals surface area contributed by atoms with Crippen LogP contribution in [0.15, 0.2) is 47.6 Å². The number of ether oxygens (including phenoxy) is 1. The number of sulfonamides is 1. The Bertz CT molecular complexity index is 960. The molecule has 162 valence electrons. The zero-order valence-corrected chi connectivity index (χ0v) is 18.8. The lowest BCUT2D eigenvalue weighted by Crippen LogP contribution is -2.37. The molecule has 0 radical (unpaired) electrons. The molecule has 10 heteroatoms. The molecule has 3 rings (SSSR count). The lowest BCUT2D eigenvalue weighted by Gasteiger charge is -2.31. The van der Waals surface area contributed by atoms with E-state index >= 15 is 0 Å². The molecule has 0 saturated carbocycles. The number of rotatable bonds is 7. The van der Waals surface area contributed by atoms with Crippen molar-refractivity contribution in [3.05, 3.63) is 42.7 Å². The van der Waals surface area contributed by atoms with E-state index in [1.807, 2.05) is 26.0 Å². The number of morpholine rings is 1. The number of anilines is 3. The minimum absolute atomic E-state index is 0.231. The zero-order chi connectivity index (χ0) is 21.6. The summed E-state index contributed by atoms with van der Waals surface area (Å²) >= 11 is 5.46. The molecule has 0 atom stereocenters. The van der Waals surface area contributed by atoms with E-state index in [0.29, 0.717) is 37.1 Å². The maximum atomic E-state index is 13.0. The normalized spacial score (nSPS) is 14.6. The summed E-state index contributed by atoms with van der Waals surface area (Å²) < 4.78 is 32.9. The highest BCUT2D eigenvalue weighted by Crippen LogP contribution is 2.31. The average Bonchev–Trinajstić information content (AvgIpc) is 2.75. The summed E-state index contributed by atoms with van der Waals surface area (Å²) in [6.45, 7) is 7.17. The van der Waals surface area contributed by atoms with Crippen molar-refractivity contribution in [3.63, 3.8) is 0 Å². The van der Waals surface area contributed by atoms with Gasteiger partial charge in [-0.1, -0.05) is 13.8 Å². The van der Waals surface area contributed by atoms with Crippen LogP contribution in [0.5, 0.6) is 0 Å². The second-order valence-electron chi connectivity index (χ2n) is 6.69. The molecule has 2 heterocycles. The molecule has 2 aromatic rings. The number of pyridine rings is 1. The molecule has 1 aliphatic rings. The molecule has 0 unspecified atom stereocenters. The van der Waals surface area contributed by atoms with Crippen molar-refractivity contribution in [1.29, 1.82) is 0 Å². The van der Waals surface area contributed by atoms with Gasteiger partial charge in [0.1, 0.15) is 0 Å². The molecular weight excluding hydrogens is 422 g/mol. The molecule has 1 aliphatic heterocycles. The van der Waals surface area contributed by atoms with Crippen LogP contribution in [0.3, 0.4) is 0 Å².